The van der Waals surface area contributed by atoms with Gasteiger partial charge in [0, 0.05) is 32.2 Å². The van der Waals surface area contributed by atoms with Gasteiger partial charge in [-0.25, -0.2) is 0 Å². The topological polar surface area (TPSA) is 70.1 Å². The number of carbonyl (C=O) groups excluding carboxylic acids is 1. The number of carboxylic acids is 1. The van der Waals surface area contributed by atoms with Crippen molar-refractivity contribution in [2.75, 3.05) is 39.4 Å². The van der Waals surface area contributed by atoms with E-state index in [2.05, 4.69) is 4.90 Å². The Morgan fingerprint density at radius 1 is 1.28 bits per heavy atom. The number of likely N-dealkylation sites (tertiary alicyclic amines) is 1. The zero-order valence-corrected chi connectivity index (χ0v) is 10.7. The molecule has 0 aromatic carbocycles. The van der Waals surface area contributed by atoms with Crippen LogP contribution in [0.5, 0.6) is 0 Å². The Balaban J connectivity index is 1.87. The Morgan fingerprint density at radius 2 is 1.94 bits per heavy atom. The predicted octanol–water partition coefficient (Wildman–Crippen LogP) is -0.360. The van der Waals surface area contributed by atoms with Gasteiger partial charge in [0.05, 0.1) is 13.2 Å². The largest absolute Gasteiger partial charge is 0.481 e. The van der Waals surface area contributed by atoms with Crippen molar-refractivity contribution in [2.24, 2.45) is 5.92 Å². The van der Waals surface area contributed by atoms with E-state index in [1.165, 1.54) is 6.92 Å². The van der Waals surface area contributed by atoms with Gasteiger partial charge in [0.1, 0.15) is 5.92 Å². The molecule has 0 bridgehead atoms. The molecule has 0 aromatic heterocycles. The Bertz CT molecular complexity index is 328. The summed E-state index contributed by atoms with van der Waals surface area (Å²) in [6, 6.07) is 0.360. The molecule has 0 radical (unpaired) electrons. The molecule has 1 amide bonds. The first-order valence-electron chi connectivity index (χ1n) is 6.43. The summed E-state index contributed by atoms with van der Waals surface area (Å²) in [7, 11) is 0. The summed E-state index contributed by atoms with van der Waals surface area (Å²) >= 11 is 0. The fraction of sp³-hybridized carbons (Fsp3) is 0.833. The van der Waals surface area contributed by atoms with Crippen LogP contribution in [0, 0.1) is 5.92 Å². The number of nitrogens with zero attached hydrogens (tertiary/aromatic N) is 2. The van der Waals surface area contributed by atoms with Gasteiger partial charge in [0.25, 0.3) is 0 Å². The van der Waals surface area contributed by atoms with Crippen molar-refractivity contribution in [1.29, 1.82) is 0 Å². The predicted molar refractivity (Wildman–Crippen MR) is 64.2 cm³/mol. The minimum absolute atomic E-state index is 0.266. The molecular weight excluding hydrogens is 236 g/mol. The van der Waals surface area contributed by atoms with Crippen LogP contribution < -0.4 is 0 Å². The standard InChI is InChI=1S/C12H20N2O4/c1-9(12(16)17)11(15)14-3-2-10(8-14)13-4-6-18-7-5-13/h9-10H,2-8H2,1H3,(H,16,17). The fourth-order valence-electron chi connectivity index (χ4n) is 2.56. The third-order valence-corrected chi connectivity index (χ3v) is 3.78. The second kappa shape index (κ2) is 5.67. The smallest absolute Gasteiger partial charge is 0.315 e. The highest BCUT2D eigenvalue weighted by molar-refractivity contribution is 5.96. The van der Waals surface area contributed by atoms with E-state index in [1.807, 2.05) is 0 Å². The van der Waals surface area contributed by atoms with Gasteiger partial charge in [0.15, 0.2) is 0 Å². The average molecular weight is 256 g/mol. The number of rotatable bonds is 3. The van der Waals surface area contributed by atoms with Crippen molar-refractivity contribution >= 4 is 11.9 Å². The fourth-order valence-corrected chi connectivity index (χ4v) is 2.56. The number of hydrogen-bond acceptors (Lipinski definition) is 4. The Hall–Kier alpha value is -1.14. The molecule has 2 aliphatic heterocycles. The van der Waals surface area contributed by atoms with Crippen molar-refractivity contribution in [3.8, 4) is 0 Å². The zero-order valence-electron chi connectivity index (χ0n) is 10.7. The van der Waals surface area contributed by atoms with Gasteiger partial charge in [0.2, 0.25) is 5.91 Å². The second-order valence-corrected chi connectivity index (χ2v) is 4.94. The number of morpholine rings is 1. The van der Waals surface area contributed by atoms with Crippen LogP contribution >= 0.6 is 0 Å². The minimum Gasteiger partial charge on any atom is -0.481 e. The van der Waals surface area contributed by atoms with Crippen molar-refractivity contribution in [3.05, 3.63) is 0 Å². The molecule has 18 heavy (non-hydrogen) atoms. The molecule has 2 rings (SSSR count). The van der Waals surface area contributed by atoms with Gasteiger partial charge in [-0.1, -0.05) is 0 Å². The number of amides is 1. The average Bonchev–Trinajstić information content (AvgIpc) is 2.87. The number of aliphatic carboxylic acids is 1. The number of ether oxygens (including phenoxy) is 1. The number of hydrogen-bond donors (Lipinski definition) is 1. The van der Waals surface area contributed by atoms with Crippen molar-refractivity contribution in [2.45, 2.75) is 19.4 Å². The van der Waals surface area contributed by atoms with Gasteiger partial charge in [-0.3, -0.25) is 14.5 Å². The normalized spacial score (nSPS) is 27.2. The molecule has 2 heterocycles. The maximum Gasteiger partial charge on any atom is 0.315 e. The van der Waals surface area contributed by atoms with Crippen LogP contribution in [-0.4, -0.2) is 72.2 Å². The first-order chi connectivity index (χ1) is 8.59. The molecule has 1 N–H and O–H groups in total. The van der Waals surface area contributed by atoms with Gasteiger partial charge in [-0.05, 0) is 13.3 Å². The molecule has 2 aliphatic rings. The Kier molecular flexibility index (Phi) is 4.19. The quantitative estimate of drug-likeness (QED) is 0.698. The van der Waals surface area contributed by atoms with Crippen LogP contribution in [-0.2, 0) is 14.3 Å². The molecule has 0 aromatic rings. The van der Waals surface area contributed by atoms with E-state index in [0.717, 1.165) is 32.7 Å². The van der Waals surface area contributed by atoms with E-state index in [1.54, 1.807) is 4.90 Å². The highest BCUT2D eigenvalue weighted by Gasteiger charge is 2.34. The SMILES string of the molecule is CC(C(=O)O)C(=O)N1CCC(N2CCOCC2)C1. The van der Waals surface area contributed by atoms with Crippen molar-refractivity contribution in [3.63, 3.8) is 0 Å². The summed E-state index contributed by atoms with van der Waals surface area (Å²) in [5, 5.41) is 8.85. The maximum absolute atomic E-state index is 11.9. The molecule has 6 heteroatoms. The van der Waals surface area contributed by atoms with Crippen molar-refractivity contribution in [1.82, 2.24) is 9.80 Å². The summed E-state index contributed by atoms with van der Waals surface area (Å²) < 4.78 is 5.30. The van der Waals surface area contributed by atoms with Crippen LogP contribution in [0.3, 0.4) is 0 Å². The highest BCUT2D eigenvalue weighted by Crippen LogP contribution is 2.18. The first kappa shape index (κ1) is 13.3. The van der Waals surface area contributed by atoms with Crippen molar-refractivity contribution < 1.29 is 19.4 Å². The summed E-state index contributed by atoms with van der Waals surface area (Å²) in [5.41, 5.74) is 0. The zero-order chi connectivity index (χ0) is 13.1. The lowest BCUT2D eigenvalue weighted by molar-refractivity contribution is -0.149. The van der Waals surface area contributed by atoms with Crippen LogP contribution in [0.4, 0.5) is 0 Å². The lowest BCUT2D eigenvalue weighted by Crippen LogP contribution is -2.45. The van der Waals surface area contributed by atoms with Gasteiger partial charge < -0.3 is 14.7 Å². The summed E-state index contributed by atoms with van der Waals surface area (Å²) in [5.74, 6) is -2.25. The highest BCUT2D eigenvalue weighted by atomic mass is 16.5. The molecule has 2 saturated heterocycles. The van der Waals surface area contributed by atoms with Crippen LogP contribution in [0.25, 0.3) is 0 Å². The van der Waals surface area contributed by atoms with Gasteiger partial charge in [-0.15, -0.1) is 0 Å². The first-order valence-corrected chi connectivity index (χ1v) is 6.43. The lowest BCUT2D eigenvalue weighted by atomic mass is 10.1. The maximum atomic E-state index is 11.9. The van der Waals surface area contributed by atoms with Crippen LogP contribution in [0.1, 0.15) is 13.3 Å². The van der Waals surface area contributed by atoms with E-state index in [4.69, 9.17) is 9.84 Å². The summed E-state index contributed by atoms with van der Waals surface area (Å²) in [6.45, 7) is 6.07. The van der Waals surface area contributed by atoms with E-state index in [0.29, 0.717) is 19.1 Å². The van der Waals surface area contributed by atoms with Gasteiger partial charge >= 0.3 is 5.97 Å². The molecule has 2 unspecified atom stereocenters. The van der Waals surface area contributed by atoms with E-state index < -0.39 is 11.9 Å². The number of carbonyl (C=O) groups is 2. The third-order valence-electron chi connectivity index (χ3n) is 3.78. The Morgan fingerprint density at radius 3 is 2.56 bits per heavy atom. The molecule has 102 valence electrons. The third kappa shape index (κ3) is 2.81. The molecule has 0 spiro atoms. The second-order valence-electron chi connectivity index (χ2n) is 4.94. The minimum atomic E-state index is -1.05. The van der Waals surface area contributed by atoms with E-state index in [-0.39, 0.29) is 5.91 Å². The Labute approximate surface area is 106 Å². The molecule has 6 nitrogen and oxygen atoms in total. The molecule has 2 atom stereocenters. The molecule has 0 saturated carbocycles. The molecule has 2 fully saturated rings. The van der Waals surface area contributed by atoms with E-state index in [9.17, 15) is 9.59 Å². The lowest BCUT2D eigenvalue weighted by Gasteiger charge is -2.32. The molecular formula is C12H20N2O4. The van der Waals surface area contributed by atoms with Crippen LogP contribution in [0.15, 0.2) is 0 Å². The monoisotopic (exact) mass is 256 g/mol. The summed E-state index contributed by atoms with van der Waals surface area (Å²) in [6.07, 6.45) is 0.929. The molecule has 0 aliphatic carbocycles. The van der Waals surface area contributed by atoms with Crippen LogP contribution in [0.2, 0.25) is 0 Å². The van der Waals surface area contributed by atoms with Gasteiger partial charge in [-0.2, -0.15) is 0 Å². The summed E-state index contributed by atoms with van der Waals surface area (Å²) in [4.78, 5) is 26.7. The number of carboxylic acid groups (broad SMARTS) is 1. The van der Waals surface area contributed by atoms with E-state index >= 15 is 0 Å².